The monoisotopic (exact) mass is 673 g/mol. The third-order valence-corrected chi connectivity index (χ3v) is 10.3. The molecule has 5 N–H and O–H groups in total. The third kappa shape index (κ3) is 7.16. The lowest BCUT2D eigenvalue weighted by Crippen LogP contribution is -2.46. The standard InChI is InChI=1S/C29H35N7O8S2/c1-18(2)8-15-36-27-21(5-3-11-31-27)25(37)24(28(36)38)26-32-22-7-6-20(17-23(22)46(43,44)34-26)30-12-4-16-45(41,42)33-19-9-13-35(14-10-19)29(39)40/h3-7,11-12,17-19,30,33,37H,8-10,13-16H2,1-2H3,(H,32,34)(H,39,40). The predicted molar refractivity (Wildman–Crippen MR) is 173 cm³/mol. The van der Waals surface area contributed by atoms with Gasteiger partial charge in [0.2, 0.25) is 10.0 Å². The van der Waals surface area contributed by atoms with Crippen LogP contribution < -0.4 is 20.9 Å². The number of benzene rings is 1. The zero-order valence-electron chi connectivity index (χ0n) is 25.2. The molecule has 5 rings (SSSR count). The molecule has 2 aliphatic rings. The number of nitrogens with zero attached hydrogens (tertiary/aromatic N) is 4. The molecule has 17 heteroatoms. The van der Waals surface area contributed by atoms with Crippen molar-refractivity contribution in [3.63, 3.8) is 0 Å². The summed E-state index contributed by atoms with van der Waals surface area (Å²) in [4.78, 5) is 30.0. The number of aromatic hydroxyl groups is 1. The first-order chi connectivity index (χ1) is 21.8. The summed E-state index contributed by atoms with van der Waals surface area (Å²) in [6.07, 6.45) is 4.61. The number of hydrogen-bond donors (Lipinski definition) is 5. The number of carbonyl (C=O) groups is 1. The van der Waals surface area contributed by atoms with Crippen molar-refractivity contribution in [2.24, 2.45) is 10.3 Å². The smallest absolute Gasteiger partial charge is 0.407 e. The molecule has 1 amide bonds. The minimum atomic E-state index is -4.33. The summed E-state index contributed by atoms with van der Waals surface area (Å²) in [5, 5.41) is 26.1. The van der Waals surface area contributed by atoms with Crippen molar-refractivity contribution in [3.05, 3.63) is 64.7 Å². The molecule has 0 saturated carbocycles. The maximum Gasteiger partial charge on any atom is 0.407 e. The van der Waals surface area contributed by atoms with Gasteiger partial charge in [0.05, 0.1) is 16.8 Å². The molecule has 2 aromatic heterocycles. The first kappa shape index (κ1) is 32.9. The minimum Gasteiger partial charge on any atom is -0.506 e. The van der Waals surface area contributed by atoms with E-state index in [9.17, 15) is 31.5 Å². The topological polar surface area (TPSA) is 212 Å². The number of amides is 1. The molecule has 0 unspecified atom stereocenters. The Morgan fingerprint density at radius 2 is 1.96 bits per heavy atom. The molecule has 46 heavy (non-hydrogen) atoms. The highest BCUT2D eigenvalue weighted by molar-refractivity contribution is 7.90. The van der Waals surface area contributed by atoms with Crippen LogP contribution >= 0.6 is 0 Å². The van der Waals surface area contributed by atoms with Crippen LogP contribution in [0, 0.1) is 5.92 Å². The zero-order valence-corrected chi connectivity index (χ0v) is 26.8. The lowest BCUT2D eigenvalue weighted by atomic mass is 10.1. The number of hydrogen-bond acceptors (Lipinski definition) is 10. The van der Waals surface area contributed by atoms with Crippen LogP contribution in [0.2, 0.25) is 0 Å². The lowest BCUT2D eigenvalue weighted by Gasteiger charge is -2.30. The van der Waals surface area contributed by atoms with Crippen LogP contribution in [0.25, 0.3) is 11.0 Å². The molecule has 4 heterocycles. The molecule has 0 bridgehead atoms. The maximum absolute atomic E-state index is 13.6. The van der Waals surface area contributed by atoms with Crippen molar-refractivity contribution in [1.29, 1.82) is 0 Å². The SMILES string of the molecule is CC(C)CCn1c(=O)c(C2=NS(=O)(=O)c3cc(NC=CCS(=O)(=O)NC4CCN(C(=O)O)CC4)ccc3N2)c(O)c2cccnc21. The molecule has 2 aliphatic heterocycles. The average molecular weight is 674 g/mol. The summed E-state index contributed by atoms with van der Waals surface area (Å²) in [6.45, 7) is 4.82. The Labute approximate surface area is 265 Å². The Kier molecular flexibility index (Phi) is 9.37. The lowest BCUT2D eigenvalue weighted by molar-refractivity contribution is 0.131. The highest BCUT2D eigenvalue weighted by Gasteiger charge is 2.31. The number of piperidine rings is 1. The van der Waals surface area contributed by atoms with Crippen LogP contribution in [0.3, 0.4) is 0 Å². The highest BCUT2D eigenvalue weighted by atomic mass is 32.2. The van der Waals surface area contributed by atoms with E-state index in [1.165, 1.54) is 40.1 Å². The molecule has 0 aliphatic carbocycles. The number of aromatic nitrogens is 2. The summed E-state index contributed by atoms with van der Waals surface area (Å²) in [5.74, 6) is -0.824. The molecule has 15 nitrogen and oxygen atoms in total. The first-order valence-corrected chi connectivity index (χ1v) is 17.7. The van der Waals surface area contributed by atoms with Gasteiger partial charge in [-0.05, 0) is 61.7 Å². The summed E-state index contributed by atoms with van der Waals surface area (Å²) < 4.78 is 59.4. The van der Waals surface area contributed by atoms with E-state index in [4.69, 9.17) is 5.11 Å². The van der Waals surface area contributed by atoms with Gasteiger partial charge in [-0.3, -0.25) is 9.36 Å². The van der Waals surface area contributed by atoms with E-state index >= 15 is 0 Å². The molecule has 1 fully saturated rings. The van der Waals surface area contributed by atoms with Crippen molar-refractivity contribution >= 4 is 54.4 Å². The molecule has 0 radical (unpaired) electrons. The van der Waals surface area contributed by atoms with Gasteiger partial charge in [0.1, 0.15) is 21.9 Å². The van der Waals surface area contributed by atoms with Crippen LogP contribution in [-0.2, 0) is 26.6 Å². The second-order valence-corrected chi connectivity index (χ2v) is 14.8. The van der Waals surface area contributed by atoms with Crippen molar-refractivity contribution in [2.75, 3.05) is 29.5 Å². The van der Waals surface area contributed by atoms with E-state index in [2.05, 4.69) is 24.7 Å². The fourth-order valence-electron chi connectivity index (χ4n) is 5.25. The number of amidine groups is 1. The molecule has 1 saturated heterocycles. The van der Waals surface area contributed by atoms with Gasteiger partial charge >= 0.3 is 6.09 Å². The molecule has 1 aromatic carbocycles. The number of rotatable bonds is 10. The predicted octanol–water partition coefficient (Wildman–Crippen LogP) is 2.70. The van der Waals surface area contributed by atoms with Crippen LogP contribution in [0.5, 0.6) is 5.75 Å². The zero-order chi connectivity index (χ0) is 33.2. The third-order valence-electron chi connectivity index (χ3n) is 7.68. The van der Waals surface area contributed by atoms with E-state index in [0.717, 1.165) is 0 Å². The van der Waals surface area contributed by atoms with Gasteiger partial charge in [-0.15, -0.1) is 4.40 Å². The Morgan fingerprint density at radius 3 is 2.65 bits per heavy atom. The van der Waals surface area contributed by atoms with Gasteiger partial charge in [0.15, 0.2) is 5.84 Å². The number of nitrogens with one attached hydrogen (secondary N) is 3. The quantitative estimate of drug-likeness (QED) is 0.211. The van der Waals surface area contributed by atoms with E-state index < -0.39 is 37.4 Å². The van der Waals surface area contributed by atoms with Crippen LogP contribution in [0.1, 0.15) is 38.7 Å². The van der Waals surface area contributed by atoms with Crippen molar-refractivity contribution in [1.82, 2.24) is 19.2 Å². The molecular weight excluding hydrogens is 638 g/mol. The van der Waals surface area contributed by atoms with Gasteiger partial charge in [0.25, 0.3) is 15.6 Å². The normalized spacial score (nSPS) is 16.8. The number of anilines is 2. The van der Waals surface area contributed by atoms with Crippen molar-refractivity contribution in [3.8, 4) is 5.75 Å². The van der Waals surface area contributed by atoms with Gasteiger partial charge in [-0.1, -0.05) is 19.9 Å². The second-order valence-electron chi connectivity index (χ2n) is 11.5. The average Bonchev–Trinajstić information content (AvgIpc) is 2.99. The van der Waals surface area contributed by atoms with Crippen molar-refractivity contribution < 1.29 is 31.8 Å². The fraction of sp³-hybridized carbons (Fsp3) is 0.379. The van der Waals surface area contributed by atoms with Gasteiger partial charge in [-0.2, -0.15) is 8.42 Å². The maximum atomic E-state index is 13.6. The Morgan fingerprint density at radius 1 is 1.22 bits per heavy atom. The Hall–Kier alpha value is -4.48. The summed E-state index contributed by atoms with van der Waals surface area (Å²) in [5.41, 5.74) is -0.165. The van der Waals surface area contributed by atoms with Crippen LogP contribution in [-0.4, -0.2) is 78.3 Å². The summed E-state index contributed by atoms with van der Waals surface area (Å²) in [7, 11) is -8.02. The molecular formula is C29H35N7O8S2. The largest absolute Gasteiger partial charge is 0.506 e. The second kappa shape index (κ2) is 13.1. The molecule has 3 aromatic rings. The molecule has 0 spiro atoms. The summed E-state index contributed by atoms with van der Waals surface area (Å²) >= 11 is 0. The Bertz CT molecular complexity index is 2000. The van der Waals surface area contributed by atoms with E-state index in [1.54, 1.807) is 18.2 Å². The molecule has 0 atom stereocenters. The fourth-order valence-corrected chi connectivity index (χ4v) is 7.59. The van der Waals surface area contributed by atoms with E-state index in [-0.39, 0.29) is 63.8 Å². The number of carboxylic acid groups (broad SMARTS) is 1. The van der Waals surface area contributed by atoms with E-state index in [0.29, 0.717) is 31.5 Å². The van der Waals surface area contributed by atoms with Crippen LogP contribution in [0.4, 0.5) is 16.2 Å². The van der Waals surface area contributed by atoms with E-state index in [1.807, 2.05) is 13.8 Å². The van der Waals surface area contributed by atoms with Gasteiger partial charge in [0, 0.05) is 37.6 Å². The van der Waals surface area contributed by atoms with Crippen molar-refractivity contribution in [2.45, 2.75) is 50.6 Å². The van der Waals surface area contributed by atoms with Gasteiger partial charge < -0.3 is 25.7 Å². The highest BCUT2D eigenvalue weighted by Crippen LogP contribution is 2.33. The first-order valence-electron chi connectivity index (χ1n) is 14.6. The number of likely N-dealkylation sites (tertiary alicyclic amines) is 1. The van der Waals surface area contributed by atoms with Gasteiger partial charge in [-0.25, -0.2) is 22.9 Å². The number of sulfonamides is 2. The number of pyridine rings is 2. The number of aryl methyl sites for hydroxylation is 1. The number of fused-ring (bicyclic) bond motifs is 2. The summed E-state index contributed by atoms with van der Waals surface area (Å²) in [6, 6.07) is 7.18. The minimum absolute atomic E-state index is 0.138. The Balaban J connectivity index is 1.32. The molecule has 246 valence electrons. The van der Waals surface area contributed by atoms with Crippen LogP contribution in [0.15, 0.2) is 62.9 Å².